The highest BCUT2D eigenvalue weighted by Crippen LogP contribution is 2.21. The number of pyridine rings is 2. The van der Waals surface area contributed by atoms with Crippen LogP contribution in [0.4, 0.5) is 0 Å². The molecule has 0 aliphatic carbocycles. The Bertz CT molecular complexity index is 660. The van der Waals surface area contributed by atoms with E-state index >= 15 is 0 Å². The number of nitrogens with zero attached hydrogens (tertiary/aromatic N) is 3. The standard InChI is InChI=1S/C18H23N5O/c1-13(11-14-7-3-5-9-19-14)23(2)18(24)17-12-16(21-22-17)15-8-4-6-10-20-15/h3-10,13,16-17,21-22H,11-12H2,1-2H3. The van der Waals surface area contributed by atoms with Crippen molar-refractivity contribution in [2.75, 3.05) is 7.05 Å². The molecule has 1 amide bonds. The summed E-state index contributed by atoms with van der Waals surface area (Å²) in [7, 11) is 1.85. The Morgan fingerprint density at radius 3 is 2.62 bits per heavy atom. The quantitative estimate of drug-likeness (QED) is 0.871. The molecule has 126 valence electrons. The SMILES string of the molecule is CC(Cc1ccccn1)N(C)C(=O)C1CC(c2ccccn2)NN1. The molecule has 1 saturated heterocycles. The minimum absolute atomic E-state index is 0.0552. The molecule has 2 aromatic rings. The van der Waals surface area contributed by atoms with Crippen molar-refractivity contribution < 1.29 is 4.79 Å². The lowest BCUT2D eigenvalue weighted by molar-refractivity contribution is -0.133. The second kappa shape index (κ2) is 7.51. The lowest BCUT2D eigenvalue weighted by Crippen LogP contribution is -2.47. The van der Waals surface area contributed by atoms with Crippen molar-refractivity contribution in [2.24, 2.45) is 0 Å². The van der Waals surface area contributed by atoms with Gasteiger partial charge in [-0.1, -0.05) is 12.1 Å². The van der Waals surface area contributed by atoms with Crippen LogP contribution >= 0.6 is 0 Å². The maximum atomic E-state index is 12.7. The minimum atomic E-state index is -0.242. The number of rotatable bonds is 5. The molecule has 2 aromatic heterocycles. The van der Waals surface area contributed by atoms with E-state index in [9.17, 15) is 4.79 Å². The van der Waals surface area contributed by atoms with Gasteiger partial charge in [-0.3, -0.25) is 14.8 Å². The third-order valence-corrected chi connectivity index (χ3v) is 4.49. The molecule has 1 aliphatic heterocycles. The van der Waals surface area contributed by atoms with E-state index in [4.69, 9.17) is 0 Å². The molecule has 6 heteroatoms. The van der Waals surface area contributed by atoms with Gasteiger partial charge in [0.15, 0.2) is 0 Å². The molecule has 0 radical (unpaired) electrons. The van der Waals surface area contributed by atoms with E-state index in [1.54, 1.807) is 17.3 Å². The fourth-order valence-electron chi connectivity index (χ4n) is 2.92. The zero-order valence-corrected chi connectivity index (χ0v) is 14.0. The van der Waals surface area contributed by atoms with Crippen molar-refractivity contribution >= 4 is 5.91 Å². The van der Waals surface area contributed by atoms with Crippen molar-refractivity contribution in [3.63, 3.8) is 0 Å². The summed E-state index contributed by atoms with van der Waals surface area (Å²) >= 11 is 0. The van der Waals surface area contributed by atoms with Crippen LogP contribution in [0, 0.1) is 0 Å². The van der Waals surface area contributed by atoms with E-state index in [1.807, 2.05) is 50.4 Å². The topological polar surface area (TPSA) is 70.2 Å². The van der Waals surface area contributed by atoms with Crippen LogP contribution in [-0.2, 0) is 11.2 Å². The summed E-state index contributed by atoms with van der Waals surface area (Å²) < 4.78 is 0. The second-order valence-corrected chi connectivity index (χ2v) is 6.21. The Kier molecular flexibility index (Phi) is 5.17. The maximum absolute atomic E-state index is 12.7. The van der Waals surface area contributed by atoms with Crippen LogP contribution in [0.3, 0.4) is 0 Å². The third kappa shape index (κ3) is 3.77. The fourth-order valence-corrected chi connectivity index (χ4v) is 2.92. The Morgan fingerprint density at radius 2 is 1.96 bits per heavy atom. The molecular formula is C18H23N5O. The summed E-state index contributed by atoms with van der Waals surface area (Å²) in [5.41, 5.74) is 8.23. The van der Waals surface area contributed by atoms with Gasteiger partial charge < -0.3 is 4.90 Å². The average Bonchev–Trinajstić information content (AvgIpc) is 3.12. The van der Waals surface area contributed by atoms with Gasteiger partial charge in [-0.05, 0) is 37.6 Å². The Hall–Kier alpha value is -2.31. The molecule has 3 heterocycles. The predicted molar refractivity (Wildman–Crippen MR) is 91.8 cm³/mol. The van der Waals surface area contributed by atoms with Gasteiger partial charge in [-0.2, -0.15) is 0 Å². The number of carbonyl (C=O) groups is 1. The van der Waals surface area contributed by atoms with Crippen LogP contribution in [0.25, 0.3) is 0 Å². The number of nitrogens with one attached hydrogen (secondary N) is 2. The van der Waals surface area contributed by atoms with E-state index in [0.29, 0.717) is 6.42 Å². The molecule has 3 rings (SSSR count). The van der Waals surface area contributed by atoms with E-state index in [2.05, 4.69) is 20.8 Å². The summed E-state index contributed by atoms with van der Waals surface area (Å²) in [5.74, 6) is 0.0874. The Morgan fingerprint density at radius 1 is 1.21 bits per heavy atom. The van der Waals surface area contributed by atoms with Gasteiger partial charge in [0.05, 0.1) is 11.7 Å². The Labute approximate surface area is 142 Å². The highest BCUT2D eigenvalue weighted by molar-refractivity contribution is 5.82. The molecule has 6 nitrogen and oxygen atoms in total. The highest BCUT2D eigenvalue weighted by Gasteiger charge is 2.33. The lowest BCUT2D eigenvalue weighted by Gasteiger charge is -2.27. The lowest BCUT2D eigenvalue weighted by atomic mass is 10.0. The molecule has 1 aliphatic rings. The number of aromatic nitrogens is 2. The van der Waals surface area contributed by atoms with Crippen LogP contribution in [0.2, 0.25) is 0 Å². The molecule has 3 atom stereocenters. The first-order chi connectivity index (χ1) is 11.6. The smallest absolute Gasteiger partial charge is 0.241 e. The third-order valence-electron chi connectivity index (χ3n) is 4.49. The van der Waals surface area contributed by atoms with Gasteiger partial charge in [0.2, 0.25) is 5.91 Å². The van der Waals surface area contributed by atoms with Crippen LogP contribution in [0.1, 0.15) is 30.8 Å². The van der Waals surface area contributed by atoms with Crippen LogP contribution < -0.4 is 10.9 Å². The van der Waals surface area contributed by atoms with Crippen molar-refractivity contribution in [3.05, 3.63) is 60.2 Å². The minimum Gasteiger partial charge on any atom is -0.341 e. The first-order valence-electron chi connectivity index (χ1n) is 8.23. The van der Waals surface area contributed by atoms with Gasteiger partial charge in [0, 0.05) is 37.6 Å². The zero-order valence-electron chi connectivity index (χ0n) is 14.0. The first kappa shape index (κ1) is 16.5. The average molecular weight is 325 g/mol. The number of hydrogen-bond donors (Lipinski definition) is 2. The summed E-state index contributed by atoms with van der Waals surface area (Å²) in [6, 6.07) is 11.6. The van der Waals surface area contributed by atoms with E-state index < -0.39 is 0 Å². The molecule has 1 fully saturated rings. The molecule has 0 aromatic carbocycles. The van der Waals surface area contributed by atoms with Gasteiger partial charge in [0.1, 0.15) is 6.04 Å². The van der Waals surface area contributed by atoms with Gasteiger partial charge in [-0.25, -0.2) is 10.9 Å². The molecule has 2 N–H and O–H groups in total. The molecule has 24 heavy (non-hydrogen) atoms. The summed E-state index contributed by atoms with van der Waals surface area (Å²) in [4.78, 5) is 23.2. The van der Waals surface area contributed by atoms with Crippen molar-refractivity contribution in [2.45, 2.75) is 37.9 Å². The van der Waals surface area contributed by atoms with Crippen molar-refractivity contribution in [1.82, 2.24) is 25.7 Å². The number of carbonyl (C=O) groups excluding carboxylic acids is 1. The fraction of sp³-hybridized carbons (Fsp3) is 0.389. The maximum Gasteiger partial charge on any atom is 0.241 e. The first-order valence-corrected chi connectivity index (χ1v) is 8.23. The van der Waals surface area contributed by atoms with E-state index in [1.165, 1.54) is 0 Å². The summed E-state index contributed by atoms with van der Waals surface area (Å²) in [5, 5.41) is 0. The van der Waals surface area contributed by atoms with Crippen LogP contribution in [0.5, 0.6) is 0 Å². The monoisotopic (exact) mass is 325 g/mol. The Balaban J connectivity index is 1.58. The molecule has 0 bridgehead atoms. The molecule has 3 unspecified atom stereocenters. The number of hydrogen-bond acceptors (Lipinski definition) is 5. The van der Waals surface area contributed by atoms with Crippen molar-refractivity contribution in [3.8, 4) is 0 Å². The number of amides is 1. The zero-order chi connectivity index (χ0) is 16.9. The van der Waals surface area contributed by atoms with Gasteiger partial charge >= 0.3 is 0 Å². The van der Waals surface area contributed by atoms with E-state index in [0.717, 1.165) is 17.8 Å². The van der Waals surface area contributed by atoms with Gasteiger partial charge in [-0.15, -0.1) is 0 Å². The summed E-state index contributed by atoms with van der Waals surface area (Å²) in [6.45, 7) is 2.05. The largest absolute Gasteiger partial charge is 0.341 e. The normalized spacial score (nSPS) is 21.4. The molecule has 0 spiro atoms. The molecule has 0 saturated carbocycles. The molecular weight excluding hydrogens is 302 g/mol. The van der Waals surface area contributed by atoms with Crippen LogP contribution in [0.15, 0.2) is 48.8 Å². The summed E-state index contributed by atoms with van der Waals surface area (Å²) in [6.07, 6.45) is 4.99. The second-order valence-electron chi connectivity index (χ2n) is 6.21. The van der Waals surface area contributed by atoms with Crippen molar-refractivity contribution in [1.29, 1.82) is 0 Å². The number of hydrazine groups is 1. The highest BCUT2D eigenvalue weighted by atomic mass is 16.2. The van der Waals surface area contributed by atoms with Gasteiger partial charge in [0.25, 0.3) is 0 Å². The van der Waals surface area contributed by atoms with Crippen LogP contribution in [-0.4, -0.2) is 39.9 Å². The van der Waals surface area contributed by atoms with E-state index in [-0.39, 0.29) is 24.0 Å². The predicted octanol–water partition coefficient (Wildman–Crippen LogP) is 1.47. The number of likely N-dealkylation sites (N-methyl/N-ethyl adjacent to an activating group) is 1.